The Morgan fingerprint density at radius 1 is 1.61 bits per heavy atom. The molecule has 1 amide bonds. The molecule has 1 fully saturated rings. The van der Waals surface area contributed by atoms with E-state index < -0.39 is 0 Å². The molecule has 98 valence electrons. The van der Waals surface area contributed by atoms with Gasteiger partial charge < -0.3 is 15.7 Å². The van der Waals surface area contributed by atoms with Crippen LogP contribution >= 0.6 is 15.9 Å². The van der Waals surface area contributed by atoms with Crippen LogP contribution in [0.15, 0.2) is 22.7 Å². The van der Waals surface area contributed by atoms with Gasteiger partial charge in [-0.05, 0) is 59.9 Å². The lowest BCUT2D eigenvalue weighted by atomic mass is 10.1. The molecule has 0 aliphatic carbocycles. The zero-order chi connectivity index (χ0) is 13.3. The second-order valence-corrected chi connectivity index (χ2v) is 5.66. The molecule has 5 heteroatoms. The fraction of sp³-hybridized carbons (Fsp3) is 0.462. The van der Waals surface area contributed by atoms with Crippen LogP contribution in [0.2, 0.25) is 0 Å². The molecule has 1 aromatic rings. The number of nitrogens with zero attached hydrogens (tertiary/aromatic N) is 1. The van der Waals surface area contributed by atoms with Gasteiger partial charge in [-0.3, -0.25) is 4.79 Å². The zero-order valence-electron chi connectivity index (χ0n) is 10.3. The maximum absolute atomic E-state index is 12.3. The maximum atomic E-state index is 12.3. The Balaban J connectivity index is 2.18. The van der Waals surface area contributed by atoms with E-state index >= 15 is 0 Å². The number of hydrogen-bond donors (Lipinski definition) is 2. The van der Waals surface area contributed by atoms with E-state index in [2.05, 4.69) is 15.9 Å². The van der Waals surface area contributed by atoms with Crippen molar-refractivity contribution in [1.82, 2.24) is 4.90 Å². The second-order valence-electron chi connectivity index (χ2n) is 4.81. The molecule has 1 aliphatic heterocycles. The van der Waals surface area contributed by atoms with Crippen molar-refractivity contribution < 1.29 is 9.90 Å². The molecule has 0 saturated carbocycles. The molecule has 1 aliphatic rings. The van der Waals surface area contributed by atoms with E-state index in [-0.39, 0.29) is 17.7 Å². The first-order valence-electron chi connectivity index (χ1n) is 6.02. The summed E-state index contributed by atoms with van der Waals surface area (Å²) in [4.78, 5) is 14.2. The van der Waals surface area contributed by atoms with E-state index in [1.54, 1.807) is 12.1 Å². The Morgan fingerprint density at radius 2 is 2.33 bits per heavy atom. The number of benzene rings is 1. The molecular formula is C13H17BrN2O2. The van der Waals surface area contributed by atoms with E-state index in [4.69, 9.17) is 5.73 Å². The average molecular weight is 313 g/mol. The minimum absolute atomic E-state index is 0.0405. The molecule has 18 heavy (non-hydrogen) atoms. The van der Waals surface area contributed by atoms with E-state index in [0.29, 0.717) is 29.0 Å². The van der Waals surface area contributed by atoms with Gasteiger partial charge in [-0.25, -0.2) is 0 Å². The first kappa shape index (κ1) is 13.4. The minimum atomic E-state index is -0.0405. The van der Waals surface area contributed by atoms with Crippen molar-refractivity contribution in [3.05, 3.63) is 28.2 Å². The van der Waals surface area contributed by atoms with Gasteiger partial charge >= 0.3 is 0 Å². The summed E-state index contributed by atoms with van der Waals surface area (Å²) in [6.07, 6.45) is 0.949. The van der Waals surface area contributed by atoms with Crippen molar-refractivity contribution in [3.63, 3.8) is 0 Å². The lowest BCUT2D eigenvalue weighted by molar-refractivity contribution is 0.0743. The first-order chi connectivity index (χ1) is 8.52. The fourth-order valence-corrected chi connectivity index (χ4v) is 2.65. The summed E-state index contributed by atoms with van der Waals surface area (Å²) in [5.74, 6) is 0.428. The van der Waals surface area contributed by atoms with Crippen LogP contribution < -0.4 is 5.73 Å². The van der Waals surface area contributed by atoms with Gasteiger partial charge in [0.05, 0.1) is 4.47 Å². The summed E-state index contributed by atoms with van der Waals surface area (Å²) < 4.78 is 0.591. The first-order valence-corrected chi connectivity index (χ1v) is 6.81. The van der Waals surface area contributed by atoms with Crippen LogP contribution in [0.4, 0.5) is 0 Å². The number of amides is 1. The molecule has 3 N–H and O–H groups in total. The smallest absolute Gasteiger partial charge is 0.254 e. The Bertz CT molecular complexity index is 464. The van der Waals surface area contributed by atoms with Crippen molar-refractivity contribution in [2.24, 2.45) is 11.7 Å². The average Bonchev–Trinajstić information content (AvgIpc) is 2.73. The monoisotopic (exact) mass is 312 g/mol. The predicted octanol–water partition coefficient (Wildman–Crippen LogP) is 1.96. The van der Waals surface area contributed by atoms with Gasteiger partial charge in [0.15, 0.2) is 0 Å². The summed E-state index contributed by atoms with van der Waals surface area (Å²) >= 11 is 3.20. The molecular weight excluding hydrogens is 296 g/mol. The largest absolute Gasteiger partial charge is 0.507 e. The van der Waals surface area contributed by atoms with E-state index in [0.717, 1.165) is 6.42 Å². The number of hydrogen-bond acceptors (Lipinski definition) is 3. The number of phenols is 1. The van der Waals surface area contributed by atoms with Crippen molar-refractivity contribution in [2.75, 3.05) is 13.1 Å². The van der Waals surface area contributed by atoms with Gasteiger partial charge in [-0.2, -0.15) is 0 Å². The molecule has 2 rings (SSSR count). The highest BCUT2D eigenvalue weighted by atomic mass is 79.9. The highest BCUT2D eigenvalue weighted by Gasteiger charge is 2.32. The maximum Gasteiger partial charge on any atom is 0.254 e. The predicted molar refractivity (Wildman–Crippen MR) is 73.5 cm³/mol. The zero-order valence-corrected chi connectivity index (χ0v) is 11.9. The Morgan fingerprint density at radius 3 is 2.89 bits per heavy atom. The molecule has 0 bridgehead atoms. The third-order valence-electron chi connectivity index (χ3n) is 3.45. The highest BCUT2D eigenvalue weighted by Crippen LogP contribution is 2.28. The van der Waals surface area contributed by atoms with Crippen molar-refractivity contribution in [3.8, 4) is 5.75 Å². The summed E-state index contributed by atoms with van der Waals surface area (Å²) in [5, 5.41) is 9.62. The van der Waals surface area contributed by atoms with Crippen LogP contribution in [0.25, 0.3) is 0 Å². The Kier molecular flexibility index (Phi) is 3.92. The number of aromatic hydroxyl groups is 1. The van der Waals surface area contributed by atoms with Crippen LogP contribution in [0.1, 0.15) is 23.7 Å². The van der Waals surface area contributed by atoms with E-state index in [1.165, 1.54) is 6.07 Å². The highest BCUT2D eigenvalue weighted by molar-refractivity contribution is 9.10. The number of carbonyl (C=O) groups is 1. The molecule has 1 saturated heterocycles. The molecule has 1 heterocycles. The SMILES string of the molecule is CC1CC(CN)CN1C(=O)c1ccc(Br)c(O)c1. The number of carbonyl (C=O) groups excluding carboxylic acids is 1. The lowest BCUT2D eigenvalue weighted by Crippen LogP contribution is -2.34. The lowest BCUT2D eigenvalue weighted by Gasteiger charge is -2.21. The van der Waals surface area contributed by atoms with Crippen molar-refractivity contribution in [2.45, 2.75) is 19.4 Å². The van der Waals surface area contributed by atoms with Crippen molar-refractivity contribution in [1.29, 1.82) is 0 Å². The molecule has 0 spiro atoms. The summed E-state index contributed by atoms with van der Waals surface area (Å²) in [5.41, 5.74) is 6.17. The summed E-state index contributed by atoms with van der Waals surface area (Å²) in [6, 6.07) is 5.10. The van der Waals surface area contributed by atoms with E-state index in [1.807, 2.05) is 11.8 Å². The molecule has 4 nitrogen and oxygen atoms in total. The number of phenolic OH excluding ortho intramolecular Hbond substituents is 1. The quantitative estimate of drug-likeness (QED) is 0.877. The molecule has 1 aromatic carbocycles. The van der Waals surface area contributed by atoms with E-state index in [9.17, 15) is 9.90 Å². The summed E-state index contributed by atoms with van der Waals surface area (Å²) in [6.45, 7) is 3.35. The van der Waals surface area contributed by atoms with Crippen LogP contribution in [0.5, 0.6) is 5.75 Å². The van der Waals surface area contributed by atoms with Gasteiger partial charge in [0.25, 0.3) is 5.91 Å². The standard InChI is InChI=1S/C13H17BrN2O2/c1-8-4-9(6-15)7-16(8)13(18)10-2-3-11(14)12(17)5-10/h2-3,5,8-9,17H,4,6-7,15H2,1H3. The van der Waals surface area contributed by atoms with Gasteiger partial charge in [0, 0.05) is 18.2 Å². The van der Waals surface area contributed by atoms with Crippen LogP contribution in [-0.4, -0.2) is 35.0 Å². The minimum Gasteiger partial charge on any atom is -0.507 e. The van der Waals surface area contributed by atoms with Gasteiger partial charge in [0.1, 0.15) is 5.75 Å². The van der Waals surface area contributed by atoms with Crippen molar-refractivity contribution >= 4 is 21.8 Å². The number of rotatable bonds is 2. The van der Waals surface area contributed by atoms with Gasteiger partial charge in [-0.15, -0.1) is 0 Å². The third kappa shape index (κ3) is 2.52. The summed E-state index contributed by atoms with van der Waals surface area (Å²) in [7, 11) is 0. The number of halogens is 1. The number of likely N-dealkylation sites (tertiary alicyclic amines) is 1. The topological polar surface area (TPSA) is 66.6 Å². The molecule has 0 aromatic heterocycles. The van der Waals surface area contributed by atoms with Crippen LogP contribution in [0.3, 0.4) is 0 Å². The molecule has 2 atom stereocenters. The fourth-order valence-electron chi connectivity index (χ4n) is 2.41. The van der Waals surface area contributed by atoms with Gasteiger partial charge in [0.2, 0.25) is 0 Å². The third-order valence-corrected chi connectivity index (χ3v) is 4.12. The van der Waals surface area contributed by atoms with Crippen LogP contribution in [-0.2, 0) is 0 Å². The van der Waals surface area contributed by atoms with Gasteiger partial charge in [-0.1, -0.05) is 0 Å². The Hall–Kier alpha value is -1.07. The van der Waals surface area contributed by atoms with Crippen LogP contribution in [0, 0.1) is 5.92 Å². The Labute approximate surface area is 115 Å². The number of nitrogens with two attached hydrogens (primary N) is 1. The molecule has 0 radical (unpaired) electrons. The normalized spacial score (nSPS) is 23.4. The second kappa shape index (κ2) is 5.28. The molecule has 2 unspecified atom stereocenters.